The van der Waals surface area contributed by atoms with Crippen molar-refractivity contribution in [2.24, 2.45) is 0 Å². The fourth-order valence-corrected chi connectivity index (χ4v) is 3.25. The molecule has 2 unspecified atom stereocenters. The van der Waals surface area contributed by atoms with Gasteiger partial charge in [-0.3, -0.25) is 4.79 Å². The van der Waals surface area contributed by atoms with E-state index in [1.807, 2.05) is 24.3 Å². The van der Waals surface area contributed by atoms with Crippen molar-refractivity contribution in [3.63, 3.8) is 0 Å². The number of amides is 1. The molecule has 3 rings (SSSR count). The van der Waals surface area contributed by atoms with Crippen LogP contribution in [0.5, 0.6) is 5.75 Å². The molecule has 5 heteroatoms. The van der Waals surface area contributed by atoms with Gasteiger partial charge in [-0.15, -0.1) is 0 Å². The number of hydrogen-bond donors (Lipinski definition) is 1. The number of benzene rings is 1. The Labute approximate surface area is 123 Å². The number of hydrogen-bond acceptors (Lipinski definition) is 3. The lowest BCUT2D eigenvalue weighted by molar-refractivity contribution is -0.153. The second-order valence-electron chi connectivity index (χ2n) is 5.61. The van der Waals surface area contributed by atoms with Gasteiger partial charge in [-0.1, -0.05) is 18.2 Å². The standard InChI is InChI=1S/C16H19NO4/c18-15(17-9-4-3-6-13(17)16(19)20)12-8-10-21-14-7-2-1-5-11(12)14/h1-2,5,7,12-13H,3-4,6,8-10H2,(H,19,20). The first-order valence-corrected chi connectivity index (χ1v) is 7.43. The van der Waals surface area contributed by atoms with E-state index in [0.29, 0.717) is 26.0 Å². The molecule has 1 aromatic rings. The van der Waals surface area contributed by atoms with E-state index in [-0.39, 0.29) is 11.8 Å². The van der Waals surface area contributed by atoms with Gasteiger partial charge in [-0.05, 0) is 31.7 Å². The Hall–Kier alpha value is -2.04. The summed E-state index contributed by atoms with van der Waals surface area (Å²) < 4.78 is 5.58. The van der Waals surface area contributed by atoms with Crippen LogP contribution in [0, 0.1) is 0 Å². The summed E-state index contributed by atoms with van der Waals surface area (Å²) in [6, 6.07) is 6.85. The van der Waals surface area contributed by atoms with E-state index < -0.39 is 12.0 Å². The fourth-order valence-electron chi connectivity index (χ4n) is 3.25. The van der Waals surface area contributed by atoms with Crippen molar-refractivity contribution in [2.45, 2.75) is 37.6 Å². The minimum absolute atomic E-state index is 0.0714. The number of para-hydroxylation sites is 1. The number of ether oxygens (including phenoxy) is 1. The molecule has 2 heterocycles. The monoisotopic (exact) mass is 289 g/mol. The van der Waals surface area contributed by atoms with Crippen LogP contribution < -0.4 is 4.74 Å². The van der Waals surface area contributed by atoms with Crippen LogP contribution in [0.1, 0.15) is 37.2 Å². The van der Waals surface area contributed by atoms with Crippen LogP contribution in [0.3, 0.4) is 0 Å². The van der Waals surface area contributed by atoms with Gasteiger partial charge in [0.05, 0.1) is 12.5 Å². The lowest BCUT2D eigenvalue weighted by Crippen LogP contribution is -2.50. The highest BCUT2D eigenvalue weighted by molar-refractivity contribution is 5.89. The van der Waals surface area contributed by atoms with E-state index in [9.17, 15) is 14.7 Å². The van der Waals surface area contributed by atoms with Gasteiger partial charge in [-0.25, -0.2) is 4.79 Å². The zero-order valence-electron chi connectivity index (χ0n) is 11.8. The molecule has 1 amide bonds. The summed E-state index contributed by atoms with van der Waals surface area (Å²) in [6.07, 6.45) is 2.90. The summed E-state index contributed by atoms with van der Waals surface area (Å²) in [7, 11) is 0. The molecule has 1 saturated heterocycles. The number of carbonyl (C=O) groups is 2. The summed E-state index contributed by atoms with van der Waals surface area (Å²) in [5, 5.41) is 9.33. The van der Waals surface area contributed by atoms with Crippen LogP contribution in [0.15, 0.2) is 24.3 Å². The smallest absolute Gasteiger partial charge is 0.326 e. The number of likely N-dealkylation sites (tertiary alicyclic amines) is 1. The molecule has 1 aromatic carbocycles. The molecular formula is C16H19NO4. The zero-order chi connectivity index (χ0) is 14.8. The summed E-state index contributed by atoms with van der Waals surface area (Å²) in [4.78, 5) is 25.8. The second kappa shape index (κ2) is 5.76. The molecule has 0 bridgehead atoms. The maximum atomic E-state index is 12.8. The van der Waals surface area contributed by atoms with Crippen LogP contribution in [-0.4, -0.2) is 41.1 Å². The molecule has 2 aliphatic rings. The van der Waals surface area contributed by atoms with Crippen molar-refractivity contribution in [1.29, 1.82) is 0 Å². The first-order valence-electron chi connectivity index (χ1n) is 7.43. The molecule has 1 N–H and O–H groups in total. The summed E-state index contributed by atoms with van der Waals surface area (Å²) in [5.74, 6) is -0.512. The molecule has 2 atom stereocenters. The first kappa shape index (κ1) is 13.9. The van der Waals surface area contributed by atoms with Crippen LogP contribution in [-0.2, 0) is 9.59 Å². The number of carboxylic acid groups (broad SMARTS) is 1. The highest BCUT2D eigenvalue weighted by Crippen LogP contribution is 2.35. The van der Waals surface area contributed by atoms with Gasteiger partial charge in [0.2, 0.25) is 5.91 Å². The summed E-state index contributed by atoms with van der Waals surface area (Å²) in [6.45, 7) is 1.04. The van der Waals surface area contributed by atoms with Crippen LogP contribution >= 0.6 is 0 Å². The molecule has 0 aliphatic carbocycles. The number of piperidine rings is 1. The van der Waals surface area contributed by atoms with Gasteiger partial charge in [0, 0.05) is 12.1 Å². The average molecular weight is 289 g/mol. The van der Waals surface area contributed by atoms with Gasteiger partial charge < -0.3 is 14.7 Å². The van der Waals surface area contributed by atoms with Gasteiger partial charge in [0.1, 0.15) is 11.8 Å². The zero-order valence-corrected chi connectivity index (χ0v) is 11.8. The van der Waals surface area contributed by atoms with E-state index in [1.165, 1.54) is 0 Å². The highest BCUT2D eigenvalue weighted by Gasteiger charge is 2.37. The number of nitrogens with zero attached hydrogens (tertiary/aromatic N) is 1. The van der Waals surface area contributed by atoms with Crippen LogP contribution in [0.4, 0.5) is 0 Å². The van der Waals surface area contributed by atoms with Crippen LogP contribution in [0.2, 0.25) is 0 Å². The molecular weight excluding hydrogens is 270 g/mol. The molecule has 0 radical (unpaired) electrons. The van der Waals surface area contributed by atoms with E-state index in [2.05, 4.69) is 0 Å². The average Bonchev–Trinajstić information content (AvgIpc) is 2.53. The molecule has 112 valence electrons. The molecule has 21 heavy (non-hydrogen) atoms. The predicted octanol–water partition coefficient (Wildman–Crippen LogP) is 2.02. The first-order chi connectivity index (χ1) is 10.2. The van der Waals surface area contributed by atoms with Gasteiger partial charge in [-0.2, -0.15) is 0 Å². The van der Waals surface area contributed by atoms with Crippen molar-refractivity contribution in [2.75, 3.05) is 13.2 Å². The van der Waals surface area contributed by atoms with Crippen molar-refractivity contribution in [1.82, 2.24) is 4.90 Å². The van der Waals surface area contributed by atoms with Crippen molar-refractivity contribution < 1.29 is 19.4 Å². The van der Waals surface area contributed by atoms with Gasteiger partial charge >= 0.3 is 5.97 Å². The van der Waals surface area contributed by atoms with Gasteiger partial charge in [0.15, 0.2) is 0 Å². The maximum absolute atomic E-state index is 12.8. The lowest BCUT2D eigenvalue weighted by Gasteiger charge is -2.36. The third kappa shape index (κ3) is 2.60. The molecule has 2 aliphatic heterocycles. The van der Waals surface area contributed by atoms with Crippen molar-refractivity contribution in [3.8, 4) is 5.75 Å². The SMILES string of the molecule is O=C(O)C1CCCCN1C(=O)C1CCOc2ccccc21. The Morgan fingerprint density at radius 2 is 2.00 bits per heavy atom. The number of carboxylic acids is 1. The Morgan fingerprint density at radius 1 is 1.19 bits per heavy atom. The lowest BCUT2D eigenvalue weighted by atomic mass is 9.90. The topological polar surface area (TPSA) is 66.8 Å². The van der Waals surface area contributed by atoms with Crippen molar-refractivity contribution >= 4 is 11.9 Å². The van der Waals surface area contributed by atoms with Gasteiger partial charge in [0.25, 0.3) is 0 Å². The highest BCUT2D eigenvalue weighted by atomic mass is 16.5. The Morgan fingerprint density at radius 3 is 2.81 bits per heavy atom. The third-order valence-electron chi connectivity index (χ3n) is 4.33. The summed E-state index contributed by atoms with van der Waals surface area (Å²) in [5.41, 5.74) is 0.878. The second-order valence-corrected chi connectivity index (χ2v) is 5.61. The minimum Gasteiger partial charge on any atom is -0.493 e. The fraction of sp³-hybridized carbons (Fsp3) is 0.500. The molecule has 0 aromatic heterocycles. The van der Waals surface area contributed by atoms with Crippen molar-refractivity contribution in [3.05, 3.63) is 29.8 Å². The van der Waals surface area contributed by atoms with E-state index in [1.54, 1.807) is 4.90 Å². The third-order valence-corrected chi connectivity index (χ3v) is 4.33. The summed E-state index contributed by atoms with van der Waals surface area (Å²) >= 11 is 0. The predicted molar refractivity (Wildman–Crippen MR) is 76.3 cm³/mol. The Kier molecular flexibility index (Phi) is 3.82. The van der Waals surface area contributed by atoms with E-state index in [4.69, 9.17) is 4.74 Å². The maximum Gasteiger partial charge on any atom is 0.326 e. The van der Waals surface area contributed by atoms with Crippen LogP contribution in [0.25, 0.3) is 0 Å². The Bertz CT molecular complexity index is 557. The number of carbonyl (C=O) groups excluding carboxylic acids is 1. The molecule has 1 fully saturated rings. The molecule has 0 spiro atoms. The van der Waals surface area contributed by atoms with E-state index in [0.717, 1.165) is 24.2 Å². The normalized spacial score (nSPS) is 24.9. The number of rotatable bonds is 2. The van der Waals surface area contributed by atoms with E-state index >= 15 is 0 Å². The quantitative estimate of drug-likeness (QED) is 0.904. The number of fused-ring (bicyclic) bond motifs is 1. The Balaban J connectivity index is 1.86. The molecule has 5 nitrogen and oxygen atoms in total. The number of aliphatic carboxylic acids is 1. The largest absolute Gasteiger partial charge is 0.493 e. The molecule has 0 saturated carbocycles. The minimum atomic E-state index is -0.900.